The van der Waals surface area contributed by atoms with Crippen LogP contribution in [0, 0.1) is 13.8 Å². The molecular formula is C12H20N2O2. The van der Waals surface area contributed by atoms with Crippen molar-refractivity contribution in [1.82, 2.24) is 5.43 Å². The lowest BCUT2D eigenvalue weighted by atomic mass is 9.89. The van der Waals surface area contributed by atoms with Gasteiger partial charge < -0.3 is 9.84 Å². The van der Waals surface area contributed by atoms with E-state index in [1.165, 1.54) is 0 Å². The first-order valence-electron chi connectivity index (χ1n) is 5.24. The molecule has 0 heterocycles. The molecule has 0 aliphatic heterocycles. The van der Waals surface area contributed by atoms with Crippen LogP contribution in [-0.2, 0) is 5.60 Å². The van der Waals surface area contributed by atoms with Crippen molar-refractivity contribution in [2.45, 2.75) is 26.4 Å². The van der Waals surface area contributed by atoms with E-state index < -0.39 is 5.60 Å². The van der Waals surface area contributed by atoms with Crippen LogP contribution >= 0.6 is 0 Å². The van der Waals surface area contributed by atoms with Gasteiger partial charge in [-0.2, -0.15) is 0 Å². The first-order chi connectivity index (χ1) is 7.44. The third-order valence-corrected chi connectivity index (χ3v) is 2.98. The Labute approximate surface area is 96.4 Å². The smallest absolute Gasteiger partial charge is 0.122 e. The van der Waals surface area contributed by atoms with Crippen LogP contribution in [0.1, 0.15) is 23.6 Å². The van der Waals surface area contributed by atoms with Gasteiger partial charge in [-0.05, 0) is 43.5 Å². The Balaban J connectivity index is 3.21. The van der Waals surface area contributed by atoms with E-state index in [0.717, 1.165) is 22.4 Å². The maximum Gasteiger partial charge on any atom is 0.122 e. The summed E-state index contributed by atoms with van der Waals surface area (Å²) >= 11 is 0. The molecule has 0 bridgehead atoms. The quantitative estimate of drug-likeness (QED) is 0.527. The summed E-state index contributed by atoms with van der Waals surface area (Å²) in [5.41, 5.74) is 4.46. The Morgan fingerprint density at radius 1 is 1.38 bits per heavy atom. The number of hydrogen-bond donors (Lipinski definition) is 3. The maximum atomic E-state index is 10.3. The Morgan fingerprint density at radius 2 is 2.00 bits per heavy atom. The summed E-state index contributed by atoms with van der Waals surface area (Å²) in [5, 5.41) is 10.3. The van der Waals surface area contributed by atoms with Gasteiger partial charge in [0.1, 0.15) is 11.4 Å². The second-order valence-electron chi connectivity index (χ2n) is 4.22. The molecule has 4 heteroatoms. The number of ether oxygens (including phenoxy) is 1. The largest absolute Gasteiger partial charge is 0.496 e. The summed E-state index contributed by atoms with van der Waals surface area (Å²) in [6.07, 6.45) is 0. The summed E-state index contributed by atoms with van der Waals surface area (Å²) in [4.78, 5) is 0. The van der Waals surface area contributed by atoms with E-state index in [4.69, 9.17) is 10.6 Å². The predicted octanol–water partition coefficient (Wildman–Crippen LogP) is 0.983. The molecule has 4 N–H and O–H groups in total. The zero-order valence-electron chi connectivity index (χ0n) is 10.3. The molecule has 0 aliphatic rings. The second kappa shape index (κ2) is 4.82. The van der Waals surface area contributed by atoms with E-state index in [1.807, 2.05) is 26.0 Å². The molecule has 16 heavy (non-hydrogen) atoms. The molecule has 1 aromatic carbocycles. The average molecular weight is 224 g/mol. The van der Waals surface area contributed by atoms with Gasteiger partial charge in [-0.3, -0.25) is 11.3 Å². The molecule has 0 spiro atoms. The number of methoxy groups -OCH3 is 1. The van der Waals surface area contributed by atoms with Gasteiger partial charge in [-0.1, -0.05) is 6.07 Å². The highest BCUT2D eigenvalue weighted by Gasteiger charge is 2.25. The van der Waals surface area contributed by atoms with Crippen molar-refractivity contribution in [2.24, 2.45) is 5.84 Å². The molecule has 4 nitrogen and oxygen atoms in total. The minimum atomic E-state index is -0.976. The number of nitrogens with one attached hydrogen (secondary N) is 1. The molecular weight excluding hydrogens is 204 g/mol. The van der Waals surface area contributed by atoms with Gasteiger partial charge in [0.25, 0.3) is 0 Å². The molecule has 0 radical (unpaired) electrons. The number of hydrazine groups is 1. The molecule has 0 fully saturated rings. The van der Waals surface area contributed by atoms with E-state index in [9.17, 15) is 5.11 Å². The summed E-state index contributed by atoms with van der Waals surface area (Å²) < 4.78 is 5.23. The lowest BCUT2D eigenvalue weighted by Gasteiger charge is -2.26. The summed E-state index contributed by atoms with van der Waals surface area (Å²) in [6, 6.07) is 3.74. The topological polar surface area (TPSA) is 67.5 Å². The number of rotatable bonds is 4. The summed E-state index contributed by atoms with van der Waals surface area (Å²) in [5.74, 6) is 6.09. The van der Waals surface area contributed by atoms with Crippen molar-refractivity contribution in [1.29, 1.82) is 0 Å². The van der Waals surface area contributed by atoms with Crippen LogP contribution in [0.2, 0.25) is 0 Å². The molecule has 1 rings (SSSR count). The van der Waals surface area contributed by atoms with Crippen LogP contribution in [-0.4, -0.2) is 18.8 Å². The van der Waals surface area contributed by atoms with Gasteiger partial charge in [-0.25, -0.2) is 0 Å². The van der Waals surface area contributed by atoms with E-state index >= 15 is 0 Å². The van der Waals surface area contributed by atoms with E-state index in [0.29, 0.717) is 6.54 Å². The van der Waals surface area contributed by atoms with E-state index in [2.05, 4.69) is 5.43 Å². The monoisotopic (exact) mass is 224 g/mol. The van der Waals surface area contributed by atoms with Crippen LogP contribution in [0.5, 0.6) is 5.75 Å². The van der Waals surface area contributed by atoms with Gasteiger partial charge in [-0.15, -0.1) is 0 Å². The molecule has 0 aromatic heterocycles. The van der Waals surface area contributed by atoms with Gasteiger partial charge in [0.2, 0.25) is 0 Å². The van der Waals surface area contributed by atoms with Gasteiger partial charge in [0.05, 0.1) is 7.11 Å². The SMILES string of the molecule is COc1ccc(C(C)(O)CNN)c(C)c1C. The lowest BCUT2D eigenvalue weighted by Crippen LogP contribution is -2.39. The van der Waals surface area contributed by atoms with Crippen LogP contribution in [0.25, 0.3) is 0 Å². The molecule has 0 aliphatic carbocycles. The fourth-order valence-corrected chi connectivity index (χ4v) is 1.89. The van der Waals surface area contributed by atoms with Crippen molar-refractivity contribution in [3.63, 3.8) is 0 Å². The van der Waals surface area contributed by atoms with Gasteiger partial charge in [0, 0.05) is 6.54 Å². The fraction of sp³-hybridized carbons (Fsp3) is 0.500. The number of aliphatic hydroxyl groups is 1. The van der Waals surface area contributed by atoms with Gasteiger partial charge >= 0.3 is 0 Å². The molecule has 0 saturated heterocycles. The third-order valence-electron chi connectivity index (χ3n) is 2.98. The zero-order chi connectivity index (χ0) is 12.3. The van der Waals surface area contributed by atoms with Crippen LogP contribution in [0.3, 0.4) is 0 Å². The lowest BCUT2D eigenvalue weighted by molar-refractivity contribution is 0.0565. The summed E-state index contributed by atoms with van der Waals surface area (Å²) in [6.45, 7) is 5.99. The first kappa shape index (κ1) is 13.0. The van der Waals surface area contributed by atoms with Crippen LogP contribution < -0.4 is 16.0 Å². The average Bonchev–Trinajstić information content (AvgIpc) is 2.21. The highest BCUT2D eigenvalue weighted by atomic mass is 16.5. The van der Waals surface area contributed by atoms with E-state index in [-0.39, 0.29) is 0 Å². The predicted molar refractivity (Wildman–Crippen MR) is 64.2 cm³/mol. The molecule has 90 valence electrons. The van der Waals surface area contributed by atoms with Crippen molar-refractivity contribution in [3.05, 3.63) is 28.8 Å². The summed E-state index contributed by atoms with van der Waals surface area (Å²) in [7, 11) is 1.64. The maximum absolute atomic E-state index is 10.3. The van der Waals surface area contributed by atoms with E-state index in [1.54, 1.807) is 14.0 Å². The highest BCUT2D eigenvalue weighted by Crippen LogP contribution is 2.30. The van der Waals surface area contributed by atoms with Crippen molar-refractivity contribution >= 4 is 0 Å². The first-order valence-corrected chi connectivity index (χ1v) is 5.24. The Bertz CT molecular complexity index is 376. The normalized spacial score (nSPS) is 14.6. The van der Waals surface area contributed by atoms with Gasteiger partial charge in [0.15, 0.2) is 0 Å². The molecule has 0 saturated carbocycles. The number of nitrogens with two attached hydrogens (primary N) is 1. The van der Waals surface area contributed by atoms with Crippen LogP contribution in [0.4, 0.5) is 0 Å². The fourth-order valence-electron chi connectivity index (χ4n) is 1.89. The molecule has 1 aromatic rings. The Morgan fingerprint density at radius 3 is 2.50 bits per heavy atom. The van der Waals surface area contributed by atoms with Crippen LogP contribution in [0.15, 0.2) is 12.1 Å². The van der Waals surface area contributed by atoms with Crippen molar-refractivity contribution < 1.29 is 9.84 Å². The highest BCUT2D eigenvalue weighted by molar-refractivity contribution is 5.45. The molecule has 1 atom stereocenters. The Hall–Kier alpha value is -1.10. The number of benzene rings is 1. The third kappa shape index (κ3) is 2.35. The van der Waals surface area contributed by atoms with Crippen molar-refractivity contribution in [2.75, 3.05) is 13.7 Å². The zero-order valence-corrected chi connectivity index (χ0v) is 10.3. The minimum Gasteiger partial charge on any atom is -0.496 e. The number of hydrogen-bond acceptors (Lipinski definition) is 4. The minimum absolute atomic E-state index is 0.305. The second-order valence-corrected chi connectivity index (χ2v) is 4.22. The molecule has 0 amide bonds. The standard InChI is InChI=1S/C12H20N2O2/c1-8-9(2)11(16-4)6-5-10(8)12(3,15)7-14-13/h5-6,14-15H,7,13H2,1-4H3. The molecule has 1 unspecified atom stereocenters. The van der Waals surface area contributed by atoms with Crippen molar-refractivity contribution in [3.8, 4) is 5.75 Å². The Kier molecular flexibility index (Phi) is 3.91.